The van der Waals surface area contributed by atoms with Crippen LogP contribution in [0.25, 0.3) is 0 Å². The molecule has 0 radical (unpaired) electrons. The highest BCUT2D eigenvalue weighted by Crippen LogP contribution is 2.00. The molecule has 0 aromatic carbocycles. The second-order valence-corrected chi connectivity index (χ2v) is 3.60. The van der Waals surface area contributed by atoms with E-state index in [1.54, 1.807) is 0 Å². The molecule has 0 rings (SSSR count). The summed E-state index contributed by atoms with van der Waals surface area (Å²) in [6.07, 6.45) is 2.11. The van der Waals surface area contributed by atoms with Gasteiger partial charge < -0.3 is 17.4 Å². The molecular formula is C6H22N2O5S. The predicted octanol–water partition coefficient (Wildman–Crippen LogP) is 1.09. The molecule has 0 saturated heterocycles. The molecule has 7 nitrogen and oxygen atoms in total. The zero-order chi connectivity index (χ0) is 10.2. The highest BCUT2D eigenvalue weighted by atomic mass is 32.3. The van der Waals surface area contributed by atoms with Gasteiger partial charge in [0.25, 0.3) is 0 Å². The average molecular weight is 234 g/mol. The van der Waals surface area contributed by atoms with Crippen LogP contribution in [0.1, 0.15) is 26.7 Å². The van der Waals surface area contributed by atoms with Crippen LogP contribution in [0.5, 0.6) is 0 Å². The Labute approximate surface area is 85.3 Å². The quantitative estimate of drug-likeness (QED) is 0.455. The largest absolute Gasteiger partial charge is 0.396 e. The van der Waals surface area contributed by atoms with Crippen molar-refractivity contribution in [3.8, 4) is 0 Å². The van der Waals surface area contributed by atoms with Crippen LogP contribution in [0.3, 0.4) is 0 Å². The van der Waals surface area contributed by atoms with E-state index in [-0.39, 0.29) is 12.3 Å². The zero-order valence-corrected chi connectivity index (χ0v) is 9.50. The molecule has 0 spiro atoms. The minimum Gasteiger partial charge on any atom is -0.396 e. The van der Waals surface area contributed by atoms with Crippen molar-refractivity contribution in [1.82, 2.24) is 12.3 Å². The maximum Gasteiger partial charge on any atom is 0.394 e. The van der Waals surface area contributed by atoms with Crippen molar-refractivity contribution in [2.45, 2.75) is 26.7 Å². The van der Waals surface area contributed by atoms with Gasteiger partial charge in [-0.1, -0.05) is 13.8 Å². The van der Waals surface area contributed by atoms with E-state index < -0.39 is 10.4 Å². The van der Waals surface area contributed by atoms with Crippen LogP contribution >= 0.6 is 0 Å². The smallest absolute Gasteiger partial charge is 0.394 e. The van der Waals surface area contributed by atoms with Crippen molar-refractivity contribution in [3.05, 3.63) is 0 Å². The van der Waals surface area contributed by atoms with Crippen molar-refractivity contribution in [3.63, 3.8) is 0 Å². The summed E-state index contributed by atoms with van der Waals surface area (Å²) in [5.74, 6) is 0.743. The predicted molar refractivity (Wildman–Crippen MR) is 55.4 cm³/mol. The summed E-state index contributed by atoms with van der Waals surface area (Å²) in [5.41, 5.74) is 0. The third kappa shape index (κ3) is 96.6. The highest BCUT2D eigenvalue weighted by Gasteiger charge is 1.89. The Bertz CT molecular complexity index is 173. The molecular weight excluding hydrogens is 212 g/mol. The minimum absolute atomic E-state index is 0. The van der Waals surface area contributed by atoms with Gasteiger partial charge >= 0.3 is 10.4 Å². The van der Waals surface area contributed by atoms with Crippen molar-refractivity contribution in [2.75, 3.05) is 6.61 Å². The third-order valence-electron chi connectivity index (χ3n) is 0.940. The fraction of sp³-hybridized carbons (Fsp3) is 1.00. The highest BCUT2D eigenvalue weighted by molar-refractivity contribution is 7.79. The molecule has 0 aliphatic rings. The van der Waals surface area contributed by atoms with Crippen LogP contribution in [0.2, 0.25) is 0 Å². The summed E-state index contributed by atoms with van der Waals surface area (Å²) in [5, 5.41) is 8.32. The molecule has 0 aromatic rings. The fourth-order valence-corrected chi connectivity index (χ4v) is 0.500. The summed E-state index contributed by atoms with van der Waals surface area (Å²) < 4.78 is 31.6. The molecule has 0 aliphatic heterocycles. The number of rotatable bonds is 3. The normalized spacial score (nSPS) is 9.29. The molecule has 0 aliphatic carbocycles. The number of hydrogen-bond donors (Lipinski definition) is 5. The van der Waals surface area contributed by atoms with Crippen molar-refractivity contribution < 1.29 is 22.6 Å². The Kier molecular flexibility index (Phi) is 21.4. The number of aliphatic hydroxyl groups is 1. The Balaban J connectivity index is -0.0000000651. The van der Waals surface area contributed by atoms with Gasteiger partial charge in [-0.15, -0.1) is 0 Å². The van der Waals surface area contributed by atoms with Crippen molar-refractivity contribution in [2.24, 2.45) is 5.92 Å². The Hall–Kier alpha value is -0.250. The van der Waals surface area contributed by atoms with E-state index in [1.165, 1.54) is 0 Å². The van der Waals surface area contributed by atoms with Gasteiger partial charge in [0.15, 0.2) is 0 Å². The SMILES string of the molecule is CC(C)CCCO.N.N.O=S(=O)(O)O. The first kappa shape index (κ1) is 23.5. The maximum atomic E-state index is 8.74. The Morgan fingerprint density at radius 1 is 1.14 bits per heavy atom. The molecule has 0 saturated carbocycles. The van der Waals surface area contributed by atoms with E-state index in [4.69, 9.17) is 22.6 Å². The summed E-state index contributed by atoms with van der Waals surface area (Å²) in [6.45, 7) is 4.67. The summed E-state index contributed by atoms with van der Waals surface area (Å²) in [7, 11) is -4.67. The van der Waals surface area contributed by atoms with Gasteiger partial charge in [0.1, 0.15) is 0 Å². The molecule has 92 valence electrons. The second-order valence-electron chi connectivity index (χ2n) is 2.71. The molecule has 0 fully saturated rings. The number of aliphatic hydroxyl groups excluding tert-OH is 1. The van der Waals surface area contributed by atoms with Gasteiger partial charge in [-0.25, -0.2) is 0 Å². The van der Waals surface area contributed by atoms with Crippen LogP contribution in [-0.2, 0) is 10.4 Å². The molecule has 0 amide bonds. The number of hydrogen-bond acceptors (Lipinski definition) is 5. The van der Waals surface area contributed by atoms with Gasteiger partial charge in [-0.3, -0.25) is 9.11 Å². The van der Waals surface area contributed by atoms with Gasteiger partial charge in [0, 0.05) is 6.61 Å². The molecule has 0 aromatic heterocycles. The third-order valence-corrected chi connectivity index (χ3v) is 0.940. The van der Waals surface area contributed by atoms with Crippen LogP contribution in [0, 0.1) is 5.92 Å². The van der Waals surface area contributed by atoms with E-state index in [1.807, 2.05) is 0 Å². The van der Waals surface area contributed by atoms with Gasteiger partial charge in [0.2, 0.25) is 0 Å². The Morgan fingerprint density at radius 2 is 1.43 bits per heavy atom. The molecule has 0 bridgehead atoms. The lowest BCUT2D eigenvalue weighted by Crippen LogP contribution is -1.89. The fourth-order valence-electron chi connectivity index (χ4n) is 0.500. The lowest BCUT2D eigenvalue weighted by Gasteiger charge is -1.98. The molecule has 0 atom stereocenters. The first-order chi connectivity index (χ1) is 5.27. The van der Waals surface area contributed by atoms with Gasteiger partial charge in [-0.05, 0) is 18.8 Å². The molecule has 14 heavy (non-hydrogen) atoms. The van der Waals surface area contributed by atoms with Crippen LogP contribution in [-0.4, -0.2) is 29.2 Å². The molecule has 9 N–H and O–H groups in total. The van der Waals surface area contributed by atoms with E-state index in [2.05, 4.69) is 13.8 Å². The minimum atomic E-state index is -4.67. The monoisotopic (exact) mass is 234 g/mol. The van der Waals surface area contributed by atoms with Crippen molar-refractivity contribution in [1.29, 1.82) is 0 Å². The summed E-state index contributed by atoms with van der Waals surface area (Å²) >= 11 is 0. The lowest BCUT2D eigenvalue weighted by molar-refractivity contribution is 0.276. The summed E-state index contributed by atoms with van der Waals surface area (Å²) in [6, 6.07) is 0. The molecule has 8 heteroatoms. The van der Waals surface area contributed by atoms with E-state index in [9.17, 15) is 0 Å². The first-order valence-corrected chi connectivity index (χ1v) is 4.97. The average Bonchev–Trinajstić information content (AvgIpc) is 1.79. The van der Waals surface area contributed by atoms with E-state index in [0.717, 1.165) is 18.8 Å². The standard InChI is InChI=1S/C6H14O.2H3N.H2O4S/c1-6(2)4-3-5-7;;;1-5(2,3)4/h6-7H,3-5H2,1-2H3;2*1H3;(H2,1,2,3,4). The van der Waals surface area contributed by atoms with Crippen LogP contribution < -0.4 is 12.3 Å². The topological polar surface area (TPSA) is 165 Å². The Morgan fingerprint density at radius 3 is 1.50 bits per heavy atom. The van der Waals surface area contributed by atoms with Crippen molar-refractivity contribution >= 4 is 10.4 Å². The van der Waals surface area contributed by atoms with E-state index >= 15 is 0 Å². The molecule has 0 unspecified atom stereocenters. The molecule has 0 heterocycles. The van der Waals surface area contributed by atoms with Gasteiger partial charge in [0.05, 0.1) is 0 Å². The maximum absolute atomic E-state index is 8.74. The van der Waals surface area contributed by atoms with Crippen LogP contribution in [0.4, 0.5) is 0 Å². The lowest BCUT2D eigenvalue weighted by atomic mass is 10.1. The first-order valence-electron chi connectivity index (χ1n) is 3.58. The van der Waals surface area contributed by atoms with Gasteiger partial charge in [-0.2, -0.15) is 8.42 Å². The van der Waals surface area contributed by atoms with Crippen LogP contribution in [0.15, 0.2) is 0 Å². The summed E-state index contributed by atoms with van der Waals surface area (Å²) in [4.78, 5) is 0. The zero-order valence-electron chi connectivity index (χ0n) is 8.68. The van der Waals surface area contributed by atoms with E-state index in [0.29, 0.717) is 6.61 Å². The second kappa shape index (κ2) is 12.8.